The molecule has 0 unspecified atom stereocenters. The number of benzene rings is 2. The smallest absolute Gasteiger partial charge is 0.194 e. The first kappa shape index (κ1) is 18.2. The van der Waals surface area contributed by atoms with E-state index < -0.39 is 34.7 Å². The number of rotatable bonds is 6. The molecule has 5 heteroatoms. The molecule has 0 spiro atoms. The van der Waals surface area contributed by atoms with Crippen LogP contribution in [0.4, 0.5) is 22.0 Å². The molecule has 0 bridgehead atoms. The Balaban J connectivity index is 2.25. The van der Waals surface area contributed by atoms with E-state index in [9.17, 15) is 22.0 Å². The number of halogens is 5. The van der Waals surface area contributed by atoms with Crippen molar-refractivity contribution in [3.8, 4) is 0 Å². The summed E-state index contributed by atoms with van der Waals surface area (Å²) in [6.45, 7) is 2.09. The lowest BCUT2D eigenvalue weighted by molar-refractivity contribution is 0.446. The molecule has 128 valence electrons. The Morgan fingerprint density at radius 1 is 0.792 bits per heavy atom. The largest absolute Gasteiger partial charge is 0.204 e. The van der Waals surface area contributed by atoms with Gasteiger partial charge in [-0.25, -0.2) is 22.0 Å². The van der Waals surface area contributed by atoms with Gasteiger partial charge in [0.05, 0.1) is 0 Å². The molecule has 0 aliphatic carbocycles. The lowest BCUT2D eigenvalue weighted by Crippen LogP contribution is -1.94. The van der Waals surface area contributed by atoms with Gasteiger partial charge >= 0.3 is 0 Å². The third-order valence-electron chi connectivity index (χ3n) is 3.71. The van der Waals surface area contributed by atoms with Crippen LogP contribution in [0.2, 0.25) is 0 Å². The molecule has 0 radical (unpaired) electrons. The minimum atomic E-state index is -1.72. The monoisotopic (exact) mass is 340 g/mol. The summed E-state index contributed by atoms with van der Waals surface area (Å²) < 4.78 is 67.5. The van der Waals surface area contributed by atoms with Crippen LogP contribution in [0.1, 0.15) is 42.9 Å². The molecule has 24 heavy (non-hydrogen) atoms. The van der Waals surface area contributed by atoms with E-state index in [1.165, 1.54) is 12.1 Å². The molecular formula is C19H17F5. The fraction of sp³-hybridized carbons (Fsp3) is 0.263. The van der Waals surface area contributed by atoms with Crippen molar-refractivity contribution >= 4 is 11.7 Å². The predicted octanol–water partition coefficient (Wildman–Crippen LogP) is 6.60. The van der Waals surface area contributed by atoms with Crippen molar-refractivity contribution in [1.29, 1.82) is 0 Å². The molecule has 0 saturated carbocycles. The molecule has 0 aliphatic rings. The van der Waals surface area contributed by atoms with Crippen LogP contribution in [-0.4, -0.2) is 0 Å². The van der Waals surface area contributed by atoms with Crippen LogP contribution in [0, 0.1) is 17.5 Å². The van der Waals surface area contributed by atoms with E-state index in [1.807, 2.05) is 0 Å². The van der Waals surface area contributed by atoms with Gasteiger partial charge in [0.1, 0.15) is 0 Å². The van der Waals surface area contributed by atoms with Crippen molar-refractivity contribution in [3.05, 3.63) is 70.5 Å². The zero-order chi connectivity index (χ0) is 17.7. The summed E-state index contributed by atoms with van der Waals surface area (Å²) in [4.78, 5) is 0. The number of aryl methyl sites for hydroxylation is 1. The van der Waals surface area contributed by atoms with Crippen LogP contribution < -0.4 is 0 Å². The Morgan fingerprint density at radius 2 is 1.33 bits per heavy atom. The molecule has 0 atom stereocenters. The topological polar surface area (TPSA) is 0 Å². The van der Waals surface area contributed by atoms with Crippen LogP contribution in [0.5, 0.6) is 0 Å². The standard InChI is InChI=1S/C19H17F5/c1-2-3-4-5-12-6-8-13(9-7-12)17(22)18(23)14-10-15(20)19(24)16(21)11-14/h6-11H,2-5H2,1H3/b18-17+. The van der Waals surface area contributed by atoms with Gasteiger partial charge in [0, 0.05) is 11.1 Å². The van der Waals surface area contributed by atoms with Crippen LogP contribution in [0.15, 0.2) is 36.4 Å². The molecule has 2 aromatic rings. The van der Waals surface area contributed by atoms with E-state index in [2.05, 4.69) is 6.92 Å². The van der Waals surface area contributed by atoms with Crippen molar-refractivity contribution < 1.29 is 22.0 Å². The maximum absolute atomic E-state index is 14.2. The van der Waals surface area contributed by atoms with E-state index in [-0.39, 0.29) is 5.56 Å². The highest BCUT2D eigenvalue weighted by atomic mass is 19.2. The van der Waals surface area contributed by atoms with Crippen LogP contribution in [-0.2, 0) is 6.42 Å². The molecule has 0 amide bonds. The van der Waals surface area contributed by atoms with Gasteiger partial charge in [-0.2, -0.15) is 0 Å². The van der Waals surface area contributed by atoms with Gasteiger partial charge in [-0.15, -0.1) is 0 Å². The molecule has 0 nitrogen and oxygen atoms in total. The zero-order valence-electron chi connectivity index (χ0n) is 13.2. The van der Waals surface area contributed by atoms with Gasteiger partial charge < -0.3 is 0 Å². The predicted molar refractivity (Wildman–Crippen MR) is 85.0 cm³/mol. The summed E-state index contributed by atoms with van der Waals surface area (Å²) in [5.74, 6) is -7.55. The molecule has 0 N–H and O–H groups in total. The molecule has 0 fully saturated rings. The maximum atomic E-state index is 14.2. The molecule has 0 saturated heterocycles. The van der Waals surface area contributed by atoms with Crippen molar-refractivity contribution in [3.63, 3.8) is 0 Å². The summed E-state index contributed by atoms with van der Waals surface area (Å²) >= 11 is 0. The molecule has 0 aromatic heterocycles. The quantitative estimate of drug-likeness (QED) is 0.240. The summed E-state index contributed by atoms with van der Waals surface area (Å²) in [6, 6.07) is 7.03. The van der Waals surface area contributed by atoms with Gasteiger partial charge in [-0.05, 0) is 30.5 Å². The Hall–Kier alpha value is -2.17. The van der Waals surface area contributed by atoms with Gasteiger partial charge in [0.25, 0.3) is 0 Å². The summed E-state index contributed by atoms with van der Waals surface area (Å²) in [5.41, 5.74) is 0.270. The lowest BCUT2D eigenvalue weighted by Gasteiger charge is -2.05. The Morgan fingerprint density at radius 3 is 1.88 bits per heavy atom. The second kappa shape index (κ2) is 8.08. The summed E-state index contributed by atoms with van der Waals surface area (Å²) in [5, 5.41) is 0. The van der Waals surface area contributed by atoms with E-state index in [0.717, 1.165) is 31.2 Å². The summed E-state index contributed by atoms with van der Waals surface area (Å²) in [6.07, 6.45) is 4.03. The van der Waals surface area contributed by atoms with E-state index in [0.29, 0.717) is 12.1 Å². The Bertz CT molecular complexity index is 709. The van der Waals surface area contributed by atoms with Gasteiger partial charge in [0.2, 0.25) is 0 Å². The van der Waals surface area contributed by atoms with Crippen molar-refractivity contribution in [2.45, 2.75) is 32.6 Å². The number of hydrogen-bond acceptors (Lipinski definition) is 0. The normalized spacial score (nSPS) is 12.2. The highest BCUT2D eigenvalue weighted by Gasteiger charge is 2.17. The van der Waals surface area contributed by atoms with Crippen LogP contribution in [0.25, 0.3) is 11.7 Å². The first-order valence-electron chi connectivity index (χ1n) is 7.73. The first-order chi connectivity index (χ1) is 11.4. The number of unbranched alkanes of at least 4 members (excludes halogenated alkanes) is 2. The third-order valence-corrected chi connectivity index (χ3v) is 3.71. The molecular weight excluding hydrogens is 323 g/mol. The minimum Gasteiger partial charge on any atom is -0.204 e. The highest BCUT2D eigenvalue weighted by molar-refractivity contribution is 5.83. The van der Waals surface area contributed by atoms with Crippen LogP contribution in [0.3, 0.4) is 0 Å². The van der Waals surface area contributed by atoms with Gasteiger partial charge in [0.15, 0.2) is 29.1 Å². The fourth-order valence-electron chi connectivity index (χ4n) is 2.33. The van der Waals surface area contributed by atoms with Crippen LogP contribution >= 0.6 is 0 Å². The third kappa shape index (κ3) is 4.22. The molecule has 2 rings (SSSR count). The average molecular weight is 340 g/mol. The molecule has 0 aliphatic heterocycles. The van der Waals surface area contributed by atoms with E-state index in [1.54, 1.807) is 12.1 Å². The second-order valence-corrected chi connectivity index (χ2v) is 5.54. The average Bonchev–Trinajstić information content (AvgIpc) is 2.59. The fourth-order valence-corrected chi connectivity index (χ4v) is 2.33. The Labute approximate surface area is 137 Å². The second-order valence-electron chi connectivity index (χ2n) is 5.54. The number of hydrogen-bond donors (Lipinski definition) is 0. The van der Waals surface area contributed by atoms with Crippen molar-refractivity contribution in [1.82, 2.24) is 0 Å². The van der Waals surface area contributed by atoms with Gasteiger partial charge in [-0.3, -0.25) is 0 Å². The minimum absolute atomic E-state index is 0.0446. The lowest BCUT2D eigenvalue weighted by atomic mass is 10.0. The van der Waals surface area contributed by atoms with Crippen molar-refractivity contribution in [2.75, 3.05) is 0 Å². The highest BCUT2D eigenvalue weighted by Crippen LogP contribution is 2.30. The maximum Gasteiger partial charge on any atom is 0.194 e. The van der Waals surface area contributed by atoms with E-state index in [4.69, 9.17) is 0 Å². The first-order valence-corrected chi connectivity index (χ1v) is 7.73. The molecule has 0 heterocycles. The van der Waals surface area contributed by atoms with Crippen molar-refractivity contribution in [2.24, 2.45) is 0 Å². The molecule has 2 aromatic carbocycles. The summed E-state index contributed by atoms with van der Waals surface area (Å²) in [7, 11) is 0. The zero-order valence-corrected chi connectivity index (χ0v) is 13.2. The van der Waals surface area contributed by atoms with E-state index >= 15 is 0 Å². The van der Waals surface area contributed by atoms with Gasteiger partial charge in [-0.1, -0.05) is 44.0 Å². The SMILES string of the molecule is CCCCCc1ccc(/C(F)=C(\F)c2cc(F)c(F)c(F)c2)cc1. The Kier molecular flexibility index (Phi) is 6.12.